The fraction of sp³-hybridized carbons (Fsp3) is 0.714. The maximum Gasteiger partial charge on any atom is 0.326 e. The molecule has 0 unspecified atom stereocenters. The Balaban J connectivity index is 4.12. The van der Waals surface area contributed by atoms with Crippen LogP contribution in [0.5, 0.6) is 0 Å². The number of carbonyl (C=O) groups is 2. The van der Waals surface area contributed by atoms with Crippen LogP contribution >= 0.6 is 0 Å². The summed E-state index contributed by atoms with van der Waals surface area (Å²) in [6.07, 6.45) is 0. The van der Waals surface area contributed by atoms with E-state index in [1.54, 1.807) is 13.8 Å². The van der Waals surface area contributed by atoms with Gasteiger partial charge in [0.1, 0.15) is 6.04 Å². The zero-order chi connectivity index (χ0) is 9.02. The highest BCUT2D eigenvalue weighted by Crippen LogP contribution is 2.00. The van der Waals surface area contributed by atoms with Crippen LogP contribution in [-0.2, 0) is 9.59 Å². The van der Waals surface area contributed by atoms with Crippen LogP contribution in [0.2, 0.25) is 0 Å². The van der Waals surface area contributed by atoms with Crippen LogP contribution in [0, 0.1) is 5.92 Å². The molecule has 0 aliphatic carbocycles. The van der Waals surface area contributed by atoms with Crippen molar-refractivity contribution in [2.75, 3.05) is 0 Å². The second kappa shape index (κ2) is 3.95. The third-order valence-electron chi connectivity index (χ3n) is 1.29. The summed E-state index contributed by atoms with van der Waals surface area (Å²) in [5.74, 6) is -1.39. The van der Waals surface area contributed by atoms with Crippen LogP contribution in [-0.4, -0.2) is 23.0 Å². The first-order valence-corrected chi connectivity index (χ1v) is 3.45. The second-order valence-corrected chi connectivity index (χ2v) is 2.76. The van der Waals surface area contributed by atoms with Crippen molar-refractivity contribution in [1.29, 1.82) is 0 Å². The lowest BCUT2D eigenvalue weighted by atomic mass is 10.3. The minimum absolute atomic E-state index is 0.0867. The Bertz CT molecular complexity index is 165. The Morgan fingerprint density at radius 2 is 1.82 bits per heavy atom. The molecule has 0 aliphatic rings. The van der Waals surface area contributed by atoms with Crippen molar-refractivity contribution in [3.05, 3.63) is 0 Å². The number of aliphatic carboxylic acids is 1. The van der Waals surface area contributed by atoms with Gasteiger partial charge in [0.2, 0.25) is 5.91 Å². The minimum Gasteiger partial charge on any atom is -0.480 e. The normalized spacial score (nSPS) is 12.7. The number of carboxylic acid groups (broad SMARTS) is 1. The molecular weight excluding hydrogens is 148 g/mol. The first-order valence-electron chi connectivity index (χ1n) is 3.45. The molecule has 0 aromatic rings. The van der Waals surface area contributed by atoms with E-state index in [0.29, 0.717) is 0 Å². The first-order chi connectivity index (χ1) is 4.95. The van der Waals surface area contributed by atoms with Gasteiger partial charge < -0.3 is 10.4 Å². The van der Waals surface area contributed by atoms with Crippen molar-refractivity contribution >= 4 is 11.9 Å². The van der Waals surface area contributed by atoms with Gasteiger partial charge in [0.05, 0.1) is 0 Å². The van der Waals surface area contributed by atoms with E-state index >= 15 is 0 Å². The maximum absolute atomic E-state index is 10.5. The fourth-order valence-electron chi connectivity index (χ4n) is 0.733. The fourth-order valence-corrected chi connectivity index (χ4v) is 0.733. The number of nitrogens with one attached hydrogen (secondary N) is 1. The molecule has 0 aliphatic heterocycles. The second-order valence-electron chi connectivity index (χ2n) is 2.76. The van der Waals surface area contributed by atoms with Gasteiger partial charge in [0, 0.05) is 6.92 Å². The lowest BCUT2D eigenvalue weighted by Gasteiger charge is -2.16. The zero-order valence-corrected chi connectivity index (χ0v) is 6.92. The quantitative estimate of drug-likeness (QED) is 0.582. The molecule has 0 bridgehead atoms. The monoisotopic (exact) mass is 161 g/mol. The summed E-state index contributed by atoms with van der Waals surface area (Å²) >= 11 is 0. The highest BCUT2D eigenvalue weighted by atomic mass is 16.5. The molecule has 0 spiro atoms. The first kappa shape index (κ1) is 9.94. The van der Waals surface area contributed by atoms with E-state index in [4.69, 9.17) is 5.11 Å². The van der Waals surface area contributed by atoms with E-state index in [0.717, 1.165) is 0 Å². The van der Waals surface area contributed by atoms with E-state index in [-0.39, 0.29) is 11.8 Å². The smallest absolute Gasteiger partial charge is 0.326 e. The number of hydrogen-bond donors (Lipinski definition) is 2. The summed E-state index contributed by atoms with van der Waals surface area (Å²) in [5.41, 5.74) is 0. The largest absolute Gasteiger partial charge is 0.480 e. The topological polar surface area (TPSA) is 66.4 Å². The van der Waals surface area contributed by atoms with Gasteiger partial charge in [-0.05, 0) is 5.92 Å². The molecule has 0 rings (SSSR count). The van der Waals surface area contributed by atoms with Gasteiger partial charge in [0.25, 0.3) is 0 Å². The van der Waals surface area contributed by atoms with E-state index in [1.807, 2.05) is 0 Å². The highest BCUT2D eigenvalue weighted by molar-refractivity contribution is 5.82. The van der Waals surface area contributed by atoms with E-state index in [9.17, 15) is 9.59 Å². The maximum atomic E-state index is 10.5. The Morgan fingerprint density at radius 3 is 1.91 bits per heavy atom. The molecule has 1 amide bonds. The van der Waals surface area contributed by atoms with Gasteiger partial charge in [0.15, 0.2) is 0 Å². The van der Waals surface area contributed by atoms with Crippen LogP contribution in [0.15, 0.2) is 0 Å². The van der Waals surface area contributed by atoms with Crippen molar-refractivity contribution < 1.29 is 14.7 Å². The summed E-state index contributed by atoms with van der Waals surface area (Å²) in [6, 6.07) is -0.771. The lowest BCUT2D eigenvalue weighted by Crippen LogP contribution is -2.43. The van der Waals surface area contributed by atoms with Crippen LogP contribution in [0.1, 0.15) is 20.8 Å². The standard InChI is InChI=1S/C7H13NO3/c1-4(2)6(7(10)11)8-5(3)9/h4,6H,1-3H3,(H,8,9)(H,10,11)/t6-/m1/s1/i6+1,7+1. The summed E-state index contributed by atoms with van der Waals surface area (Å²) in [7, 11) is 0. The number of amides is 1. The number of rotatable bonds is 3. The summed E-state index contributed by atoms with van der Waals surface area (Å²) in [6.45, 7) is 4.79. The molecule has 1 atom stereocenters. The third kappa shape index (κ3) is 3.60. The van der Waals surface area contributed by atoms with Gasteiger partial charge in [-0.25, -0.2) is 4.79 Å². The van der Waals surface area contributed by atoms with Crippen molar-refractivity contribution in [3.63, 3.8) is 0 Å². The van der Waals surface area contributed by atoms with Gasteiger partial charge in [-0.3, -0.25) is 4.79 Å². The van der Waals surface area contributed by atoms with Crippen LogP contribution in [0.3, 0.4) is 0 Å². The number of carboxylic acids is 1. The Labute approximate surface area is 65.6 Å². The Hall–Kier alpha value is -1.06. The molecule has 0 aromatic heterocycles. The molecule has 0 fully saturated rings. The van der Waals surface area contributed by atoms with Crippen molar-refractivity contribution in [1.82, 2.24) is 5.32 Å². The van der Waals surface area contributed by atoms with Gasteiger partial charge in [-0.15, -0.1) is 0 Å². The van der Waals surface area contributed by atoms with Gasteiger partial charge in [-0.1, -0.05) is 13.8 Å². The average Bonchev–Trinajstić information content (AvgIpc) is 1.81. The minimum atomic E-state index is -0.991. The SMILES string of the molecule is CC(=O)N[13C@H](C(C)C)[13C](=O)O. The molecule has 0 radical (unpaired) electrons. The Kier molecular flexibility index (Phi) is 3.57. The molecule has 4 heteroatoms. The van der Waals surface area contributed by atoms with Gasteiger partial charge in [-0.2, -0.15) is 0 Å². The van der Waals surface area contributed by atoms with Crippen LogP contribution < -0.4 is 5.32 Å². The molecule has 0 aromatic carbocycles. The van der Waals surface area contributed by atoms with Crippen LogP contribution in [0.4, 0.5) is 0 Å². The molecule has 4 nitrogen and oxygen atoms in total. The predicted molar refractivity (Wildman–Crippen MR) is 40.1 cm³/mol. The molecule has 0 saturated carbocycles. The van der Waals surface area contributed by atoms with Crippen molar-refractivity contribution in [2.24, 2.45) is 5.92 Å². The van der Waals surface area contributed by atoms with Crippen molar-refractivity contribution in [2.45, 2.75) is 26.8 Å². The lowest BCUT2D eigenvalue weighted by molar-refractivity contribution is -0.142. The van der Waals surface area contributed by atoms with Gasteiger partial charge >= 0.3 is 5.97 Å². The highest BCUT2D eigenvalue weighted by Gasteiger charge is 2.21. The zero-order valence-electron chi connectivity index (χ0n) is 6.92. The molecule has 64 valence electrons. The van der Waals surface area contributed by atoms with E-state index in [1.165, 1.54) is 6.92 Å². The third-order valence-corrected chi connectivity index (χ3v) is 1.29. The van der Waals surface area contributed by atoms with E-state index < -0.39 is 12.0 Å². The molecule has 0 saturated heterocycles. The van der Waals surface area contributed by atoms with E-state index in [2.05, 4.69) is 5.32 Å². The molecular formula is C7H13NO3. The van der Waals surface area contributed by atoms with Crippen LogP contribution in [0.25, 0.3) is 0 Å². The summed E-state index contributed by atoms with van der Waals surface area (Å²) in [5, 5.41) is 10.9. The van der Waals surface area contributed by atoms with Crippen molar-refractivity contribution in [3.8, 4) is 0 Å². The molecule has 0 heterocycles. The predicted octanol–water partition coefficient (Wildman–Crippen LogP) is 0.232. The molecule has 2 N–H and O–H groups in total. The number of carbonyl (C=O) groups excluding carboxylic acids is 1. The average molecular weight is 161 g/mol. The summed E-state index contributed by atoms with van der Waals surface area (Å²) < 4.78 is 0. The Morgan fingerprint density at radius 1 is 1.36 bits per heavy atom. The summed E-state index contributed by atoms with van der Waals surface area (Å²) in [4.78, 5) is 21.0. The molecule has 11 heavy (non-hydrogen) atoms. The number of hydrogen-bond acceptors (Lipinski definition) is 2.